The van der Waals surface area contributed by atoms with Gasteiger partial charge in [-0.2, -0.15) is 0 Å². The van der Waals surface area contributed by atoms with Crippen molar-refractivity contribution >= 4 is 5.97 Å². The van der Waals surface area contributed by atoms with Crippen LogP contribution in [0.5, 0.6) is 0 Å². The highest BCUT2D eigenvalue weighted by atomic mass is 16.5. The molecule has 0 spiro atoms. The van der Waals surface area contributed by atoms with Gasteiger partial charge in [0, 0.05) is 13.0 Å². The van der Waals surface area contributed by atoms with Gasteiger partial charge < -0.3 is 15.2 Å². The van der Waals surface area contributed by atoms with Crippen LogP contribution in [-0.2, 0) is 14.3 Å². The van der Waals surface area contributed by atoms with Gasteiger partial charge in [0.2, 0.25) is 0 Å². The Bertz CT molecular complexity index is 265. The zero-order valence-electron chi connectivity index (χ0n) is 10.6. The monoisotopic (exact) mass is 241 g/mol. The number of nitrogens with two attached hydrogens (primary N) is 1. The maximum atomic E-state index is 11.5. The van der Waals surface area contributed by atoms with Crippen LogP contribution in [0.1, 0.15) is 45.4 Å². The first kappa shape index (κ1) is 12.8. The topological polar surface area (TPSA) is 61.5 Å². The zero-order valence-corrected chi connectivity index (χ0v) is 10.6. The molecule has 2 aliphatic rings. The lowest BCUT2D eigenvalue weighted by molar-refractivity contribution is -0.151. The Labute approximate surface area is 103 Å². The van der Waals surface area contributed by atoms with Gasteiger partial charge in [0.1, 0.15) is 12.1 Å². The maximum Gasteiger partial charge on any atom is 0.323 e. The molecule has 1 heterocycles. The summed E-state index contributed by atoms with van der Waals surface area (Å²) in [5, 5.41) is 0. The lowest BCUT2D eigenvalue weighted by Crippen LogP contribution is -2.33. The van der Waals surface area contributed by atoms with Gasteiger partial charge in [-0.1, -0.05) is 0 Å². The van der Waals surface area contributed by atoms with Crippen molar-refractivity contribution in [2.24, 2.45) is 11.7 Å². The Morgan fingerprint density at radius 2 is 2.12 bits per heavy atom. The Morgan fingerprint density at radius 3 is 2.82 bits per heavy atom. The highest BCUT2D eigenvalue weighted by molar-refractivity contribution is 5.75. The minimum atomic E-state index is -0.459. The first-order valence-corrected chi connectivity index (χ1v) is 6.73. The van der Waals surface area contributed by atoms with Crippen LogP contribution in [0.3, 0.4) is 0 Å². The first-order valence-electron chi connectivity index (χ1n) is 6.73. The fraction of sp³-hybridized carbons (Fsp3) is 0.923. The Balaban J connectivity index is 1.82. The van der Waals surface area contributed by atoms with Crippen molar-refractivity contribution in [2.45, 2.75) is 63.7 Å². The van der Waals surface area contributed by atoms with Crippen molar-refractivity contribution in [2.75, 3.05) is 6.61 Å². The van der Waals surface area contributed by atoms with E-state index in [0.717, 1.165) is 31.8 Å². The molecule has 0 aromatic carbocycles. The maximum absolute atomic E-state index is 11.5. The minimum Gasteiger partial charge on any atom is -0.461 e. The number of carbonyl (C=O) groups is 1. The van der Waals surface area contributed by atoms with Gasteiger partial charge in [0.15, 0.2) is 0 Å². The molecule has 1 aliphatic heterocycles. The lowest BCUT2D eigenvalue weighted by atomic mass is 10.0. The molecule has 0 unspecified atom stereocenters. The van der Waals surface area contributed by atoms with E-state index < -0.39 is 6.04 Å². The van der Waals surface area contributed by atoms with Gasteiger partial charge in [-0.15, -0.1) is 0 Å². The van der Waals surface area contributed by atoms with E-state index in [-0.39, 0.29) is 18.2 Å². The van der Waals surface area contributed by atoms with Crippen molar-refractivity contribution in [1.29, 1.82) is 0 Å². The molecule has 4 nitrogen and oxygen atoms in total. The molecule has 0 bridgehead atoms. The van der Waals surface area contributed by atoms with Gasteiger partial charge in [-0.25, -0.2) is 0 Å². The van der Waals surface area contributed by atoms with E-state index in [1.54, 1.807) is 0 Å². The average Bonchev–Trinajstić information content (AvgIpc) is 3.07. The summed E-state index contributed by atoms with van der Waals surface area (Å²) in [7, 11) is 0. The Hall–Kier alpha value is -0.610. The van der Waals surface area contributed by atoms with Crippen LogP contribution < -0.4 is 5.73 Å². The molecule has 3 atom stereocenters. The van der Waals surface area contributed by atoms with Crippen LogP contribution in [0.15, 0.2) is 0 Å². The molecule has 0 radical (unpaired) electrons. The molecular weight excluding hydrogens is 218 g/mol. The standard InChI is InChI=1S/C13H23NO3/c1-9-7-11(16-8-10-5-6-10)3-2-4-12(14)13(15)17-9/h9-12H,2-8,14H2,1H3/t9-,11-,12-/m0/s1. The predicted molar refractivity (Wildman–Crippen MR) is 64.5 cm³/mol. The van der Waals surface area contributed by atoms with Gasteiger partial charge in [-0.3, -0.25) is 4.79 Å². The smallest absolute Gasteiger partial charge is 0.323 e. The fourth-order valence-corrected chi connectivity index (χ4v) is 2.21. The highest BCUT2D eigenvalue weighted by Gasteiger charge is 2.26. The van der Waals surface area contributed by atoms with Crippen LogP contribution in [0, 0.1) is 5.92 Å². The summed E-state index contributed by atoms with van der Waals surface area (Å²) in [6.07, 6.45) is 6.18. The molecule has 1 aliphatic carbocycles. The van der Waals surface area contributed by atoms with E-state index in [0.29, 0.717) is 6.42 Å². The molecule has 98 valence electrons. The number of hydrogen-bond acceptors (Lipinski definition) is 4. The molecule has 0 aromatic rings. The molecule has 2 N–H and O–H groups in total. The van der Waals surface area contributed by atoms with Crippen molar-refractivity contribution in [3.8, 4) is 0 Å². The second kappa shape index (κ2) is 5.83. The van der Waals surface area contributed by atoms with Gasteiger partial charge in [0.05, 0.1) is 6.10 Å². The normalized spacial score (nSPS) is 35.6. The van der Waals surface area contributed by atoms with Crippen LogP contribution in [0.2, 0.25) is 0 Å². The Kier molecular flexibility index (Phi) is 4.40. The largest absolute Gasteiger partial charge is 0.461 e. The SMILES string of the molecule is C[C@H]1C[C@@H](OCC2CC2)CCC[C@H](N)C(=O)O1. The highest BCUT2D eigenvalue weighted by Crippen LogP contribution is 2.30. The van der Waals surface area contributed by atoms with Crippen molar-refractivity contribution in [1.82, 2.24) is 0 Å². The predicted octanol–water partition coefficient (Wildman–Crippen LogP) is 1.61. The van der Waals surface area contributed by atoms with Crippen molar-refractivity contribution in [3.63, 3.8) is 0 Å². The van der Waals surface area contributed by atoms with Crippen LogP contribution in [0.4, 0.5) is 0 Å². The second-order valence-electron chi connectivity index (χ2n) is 5.42. The number of rotatable bonds is 3. The molecule has 4 heteroatoms. The number of cyclic esters (lactones) is 1. The molecule has 0 amide bonds. The molecular formula is C13H23NO3. The summed E-state index contributed by atoms with van der Waals surface area (Å²) < 4.78 is 11.2. The average molecular weight is 241 g/mol. The number of ether oxygens (including phenoxy) is 2. The van der Waals surface area contributed by atoms with E-state index >= 15 is 0 Å². The second-order valence-corrected chi connectivity index (χ2v) is 5.42. The van der Waals surface area contributed by atoms with Crippen LogP contribution in [0.25, 0.3) is 0 Å². The molecule has 1 saturated heterocycles. The van der Waals surface area contributed by atoms with Crippen molar-refractivity contribution in [3.05, 3.63) is 0 Å². The van der Waals surface area contributed by atoms with E-state index in [4.69, 9.17) is 15.2 Å². The van der Waals surface area contributed by atoms with E-state index in [1.807, 2.05) is 6.92 Å². The summed E-state index contributed by atoms with van der Waals surface area (Å²) in [6.45, 7) is 2.79. The minimum absolute atomic E-state index is 0.0872. The third-order valence-electron chi connectivity index (χ3n) is 3.52. The molecule has 1 saturated carbocycles. The van der Waals surface area contributed by atoms with E-state index in [2.05, 4.69) is 0 Å². The molecule has 0 aromatic heterocycles. The zero-order chi connectivity index (χ0) is 12.3. The fourth-order valence-electron chi connectivity index (χ4n) is 2.21. The van der Waals surface area contributed by atoms with E-state index in [1.165, 1.54) is 12.8 Å². The Morgan fingerprint density at radius 1 is 1.35 bits per heavy atom. The molecule has 2 rings (SSSR count). The molecule has 17 heavy (non-hydrogen) atoms. The van der Waals surface area contributed by atoms with Gasteiger partial charge in [-0.05, 0) is 44.9 Å². The summed E-state index contributed by atoms with van der Waals surface area (Å²) in [4.78, 5) is 11.5. The quantitative estimate of drug-likeness (QED) is 0.763. The van der Waals surface area contributed by atoms with Gasteiger partial charge >= 0.3 is 5.97 Å². The summed E-state index contributed by atoms with van der Waals surface area (Å²) in [5.74, 6) is 0.517. The first-order chi connectivity index (χ1) is 8.15. The third-order valence-corrected chi connectivity index (χ3v) is 3.52. The lowest BCUT2D eigenvalue weighted by Gasteiger charge is -2.20. The third kappa shape index (κ3) is 4.28. The number of esters is 1. The van der Waals surface area contributed by atoms with Crippen LogP contribution in [-0.4, -0.2) is 30.8 Å². The summed E-state index contributed by atoms with van der Waals surface area (Å²) in [5.41, 5.74) is 5.74. The summed E-state index contributed by atoms with van der Waals surface area (Å²) in [6, 6.07) is -0.459. The van der Waals surface area contributed by atoms with Crippen molar-refractivity contribution < 1.29 is 14.3 Å². The van der Waals surface area contributed by atoms with E-state index in [9.17, 15) is 4.79 Å². The number of carbonyl (C=O) groups excluding carboxylic acids is 1. The van der Waals surface area contributed by atoms with Crippen LogP contribution >= 0.6 is 0 Å². The molecule has 2 fully saturated rings. The summed E-state index contributed by atoms with van der Waals surface area (Å²) >= 11 is 0. The number of hydrogen-bond donors (Lipinski definition) is 1. The van der Waals surface area contributed by atoms with Gasteiger partial charge in [0.25, 0.3) is 0 Å².